The SMILES string of the molecule is CCNCCCNc1ncccc1C(=O)O. The summed E-state index contributed by atoms with van der Waals surface area (Å²) in [7, 11) is 0. The van der Waals surface area contributed by atoms with Crippen LogP contribution in [0.3, 0.4) is 0 Å². The van der Waals surface area contributed by atoms with E-state index in [4.69, 9.17) is 5.11 Å². The molecule has 16 heavy (non-hydrogen) atoms. The molecule has 5 nitrogen and oxygen atoms in total. The number of anilines is 1. The van der Waals surface area contributed by atoms with Crippen LogP contribution in [-0.2, 0) is 0 Å². The summed E-state index contributed by atoms with van der Waals surface area (Å²) in [4.78, 5) is 14.9. The maximum Gasteiger partial charge on any atom is 0.339 e. The molecule has 0 aromatic carbocycles. The van der Waals surface area contributed by atoms with Crippen molar-refractivity contribution >= 4 is 11.8 Å². The molecule has 0 saturated heterocycles. The number of nitrogens with zero attached hydrogens (tertiary/aromatic N) is 1. The number of nitrogens with one attached hydrogen (secondary N) is 2. The molecule has 0 saturated carbocycles. The zero-order chi connectivity index (χ0) is 11.8. The Labute approximate surface area is 94.9 Å². The minimum absolute atomic E-state index is 0.214. The first kappa shape index (κ1) is 12.4. The van der Waals surface area contributed by atoms with E-state index >= 15 is 0 Å². The minimum Gasteiger partial charge on any atom is -0.478 e. The summed E-state index contributed by atoms with van der Waals surface area (Å²) in [6.45, 7) is 4.63. The quantitative estimate of drug-likeness (QED) is 0.605. The van der Waals surface area contributed by atoms with Gasteiger partial charge in [0, 0.05) is 12.7 Å². The zero-order valence-corrected chi connectivity index (χ0v) is 9.36. The van der Waals surface area contributed by atoms with Crippen molar-refractivity contribution in [3.8, 4) is 0 Å². The van der Waals surface area contributed by atoms with Crippen molar-refractivity contribution in [1.82, 2.24) is 10.3 Å². The third kappa shape index (κ3) is 3.86. The Morgan fingerprint density at radius 3 is 3.00 bits per heavy atom. The second-order valence-corrected chi connectivity index (χ2v) is 3.34. The summed E-state index contributed by atoms with van der Waals surface area (Å²) in [5.41, 5.74) is 0.214. The van der Waals surface area contributed by atoms with Crippen molar-refractivity contribution in [2.45, 2.75) is 13.3 Å². The molecule has 0 unspecified atom stereocenters. The van der Waals surface area contributed by atoms with Gasteiger partial charge in [0.05, 0.1) is 0 Å². The Morgan fingerprint density at radius 2 is 2.31 bits per heavy atom. The predicted molar refractivity (Wildman–Crippen MR) is 62.8 cm³/mol. The van der Waals surface area contributed by atoms with Gasteiger partial charge in [-0.15, -0.1) is 0 Å². The Kier molecular flexibility index (Phi) is 5.28. The number of rotatable bonds is 7. The molecule has 88 valence electrons. The standard InChI is InChI=1S/C11H17N3O2/c1-2-12-6-4-8-14-10-9(11(15)16)5-3-7-13-10/h3,5,7,12H,2,4,6,8H2,1H3,(H,13,14)(H,15,16). The second kappa shape index (κ2) is 6.79. The minimum atomic E-state index is -0.956. The highest BCUT2D eigenvalue weighted by atomic mass is 16.4. The number of hydrogen-bond acceptors (Lipinski definition) is 4. The van der Waals surface area contributed by atoms with E-state index in [0.717, 1.165) is 19.5 Å². The molecule has 0 bridgehead atoms. The molecule has 1 aromatic heterocycles. The van der Waals surface area contributed by atoms with Gasteiger partial charge in [0.25, 0.3) is 0 Å². The van der Waals surface area contributed by atoms with E-state index in [1.165, 1.54) is 0 Å². The van der Waals surface area contributed by atoms with Gasteiger partial charge in [0.2, 0.25) is 0 Å². The summed E-state index contributed by atoms with van der Waals surface area (Å²) in [6, 6.07) is 3.16. The molecule has 1 heterocycles. The number of carbonyl (C=O) groups is 1. The first-order valence-electron chi connectivity index (χ1n) is 5.38. The average molecular weight is 223 g/mol. The normalized spacial score (nSPS) is 10.1. The molecule has 0 fully saturated rings. The summed E-state index contributed by atoms with van der Waals surface area (Å²) >= 11 is 0. The molecule has 0 aliphatic rings. The van der Waals surface area contributed by atoms with Crippen LogP contribution in [0.5, 0.6) is 0 Å². The van der Waals surface area contributed by atoms with Gasteiger partial charge in [0.15, 0.2) is 0 Å². The second-order valence-electron chi connectivity index (χ2n) is 3.34. The van der Waals surface area contributed by atoms with Gasteiger partial charge in [-0.3, -0.25) is 0 Å². The largest absolute Gasteiger partial charge is 0.478 e. The first-order chi connectivity index (χ1) is 7.75. The van der Waals surface area contributed by atoms with Crippen LogP contribution < -0.4 is 10.6 Å². The Morgan fingerprint density at radius 1 is 1.50 bits per heavy atom. The third-order valence-corrected chi connectivity index (χ3v) is 2.11. The maximum atomic E-state index is 10.9. The van der Waals surface area contributed by atoms with E-state index in [1.54, 1.807) is 18.3 Å². The highest BCUT2D eigenvalue weighted by Crippen LogP contribution is 2.10. The molecule has 0 amide bonds. The molecule has 1 rings (SSSR count). The van der Waals surface area contributed by atoms with Crippen LogP contribution in [0.25, 0.3) is 0 Å². The van der Waals surface area contributed by atoms with E-state index in [-0.39, 0.29) is 5.56 Å². The molecule has 0 spiro atoms. The van der Waals surface area contributed by atoms with E-state index in [0.29, 0.717) is 12.4 Å². The fraction of sp³-hybridized carbons (Fsp3) is 0.455. The van der Waals surface area contributed by atoms with Crippen LogP contribution in [0, 0.1) is 0 Å². The van der Waals surface area contributed by atoms with Crippen LogP contribution in [0.1, 0.15) is 23.7 Å². The van der Waals surface area contributed by atoms with Crippen LogP contribution in [0.2, 0.25) is 0 Å². The summed E-state index contributed by atoms with van der Waals surface area (Å²) in [5, 5.41) is 15.1. The van der Waals surface area contributed by atoms with Crippen molar-refractivity contribution in [3.63, 3.8) is 0 Å². The lowest BCUT2D eigenvalue weighted by atomic mass is 10.2. The molecule has 1 aromatic rings. The topological polar surface area (TPSA) is 74.2 Å². The van der Waals surface area contributed by atoms with Gasteiger partial charge < -0.3 is 15.7 Å². The number of hydrogen-bond donors (Lipinski definition) is 3. The van der Waals surface area contributed by atoms with Crippen molar-refractivity contribution in [2.75, 3.05) is 25.0 Å². The monoisotopic (exact) mass is 223 g/mol. The van der Waals surface area contributed by atoms with Gasteiger partial charge in [-0.25, -0.2) is 9.78 Å². The summed E-state index contributed by atoms with van der Waals surface area (Å²) < 4.78 is 0. The molecular formula is C11H17N3O2. The average Bonchev–Trinajstić information content (AvgIpc) is 2.29. The van der Waals surface area contributed by atoms with E-state index in [2.05, 4.69) is 22.5 Å². The fourth-order valence-electron chi connectivity index (χ4n) is 1.32. The number of aromatic carboxylic acids is 1. The molecule has 3 N–H and O–H groups in total. The van der Waals surface area contributed by atoms with Crippen molar-refractivity contribution < 1.29 is 9.90 Å². The van der Waals surface area contributed by atoms with Crippen molar-refractivity contribution in [2.24, 2.45) is 0 Å². The third-order valence-electron chi connectivity index (χ3n) is 2.11. The highest BCUT2D eigenvalue weighted by Gasteiger charge is 2.09. The number of pyridine rings is 1. The van der Waals surface area contributed by atoms with E-state index in [9.17, 15) is 4.79 Å². The van der Waals surface area contributed by atoms with Crippen LogP contribution >= 0.6 is 0 Å². The molecule has 0 aliphatic heterocycles. The lowest BCUT2D eigenvalue weighted by molar-refractivity contribution is 0.0697. The van der Waals surface area contributed by atoms with Crippen LogP contribution in [0.4, 0.5) is 5.82 Å². The fourth-order valence-corrected chi connectivity index (χ4v) is 1.32. The summed E-state index contributed by atoms with van der Waals surface area (Å²) in [6.07, 6.45) is 2.52. The first-order valence-corrected chi connectivity index (χ1v) is 5.38. The number of aromatic nitrogens is 1. The Bertz CT molecular complexity index is 342. The summed E-state index contributed by atoms with van der Waals surface area (Å²) in [5.74, 6) is -0.520. The Balaban J connectivity index is 2.44. The van der Waals surface area contributed by atoms with E-state index in [1.807, 2.05) is 0 Å². The van der Waals surface area contributed by atoms with Crippen molar-refractivity contribution in [3.05, 3.63) is 23.9 Å². The lowest BCUT2D eigenvalue weighted by Gasteiger charge is -2.07. The Hall–Kier alpha value is -1.62. The van der Waals surface area contributed by atoms with E-state index < -0.39 is 5.97 Å². The highest BCUT2D eigenvalue weighted by molar-refractivity contribution is 5.92. The maximum absolute atomic E-state index is 10.9. The zero-order valence-electron chi connectivity index (χ0n) is 9.36. The number of carboxylic acid groups (broad SMARTS) is 1. The lowest BCUT2D eigenvalue weighted by Crippen LogP contribution is -2.18. The van der Waals surface area contributed by atoms with Gasteiger partial charge >= 0.3 is 5.97 Å². The number of carboxylic acids is 1. The molecule has 0 aliphatic carbocycles. The smallest absolute Gasteiger partial charge is 0.339 e. The van der Waals surface area contributed by atoms with Gasteiger partial charge in [-0.1, -0.05) is 6.92 Å². The van der Waals surface area contributed by atoms with Crippen LogP contribution in [0.15, 0.2) is 18.3 Å². The van der Waals surface area contributed by atoms with Gasteiger partial charge in [0.1, 0.15) is 11.4 Å². The molecule has 5 heteroatoms. The van der Waals surface area contributed by atoms with Crippen molar-refractivity contribution in [1.29, 1.82) is 0 Å². The van der Waals surface area contributed by atoms with Gasteiger partial charge in [-0.05, 0) is 31.6 Å². The molecular weight excluding hydrogens is 206 g/mol. The van der Waals surface area contributed by atoms with Crippen LogP contribution in [-0.4, -0.2) is 35.7 Å². The van der Waals surface area contributed by atoms with Gasteiger partial charge in [-0.2, -0.15) is 0 Å². The predicted octanol–water partition coefficient (Wildman–Crippen LogP) is 1.19. The molecule has 0 radical (unpaired) electrons. The molecule has 0 atom stereocenters.